The van der Waals surface area contributed by atoms with Gasteiger partial charge in [-0.25, -0.2) is 0 Å². The monoisotopic (exact) mass is 370 g/mol. The van der Waals surface area contributed by atoms with Crippen LogP contribution in [0.1, 0.15) is 18.7 Å². The van der Waals surface area contributed by atoms with Crippen LogP contribution in [0.5, 0.6) is 5.75 Å². The Morgan fingerprint density at radius 2 is 2.19 bits per heavy atom. The number of ether oxygens (including phenoxy) is 1. The van der Waals surface area contributed by atoms with Crippen LogP contribution in [-0.2, 0) is 6.54 Å². The van der Waals surface area contributed by atoms with Crippen LogP contribution in [0.15, 0.2) is 34.1 Å². The number of hydrogen-bond donors (Lipinski definition) is 1. The van der Waals surface area contributed by atoms with E-state index in [1.54, 1.807) is 23.5 Å². The summed E-state index contributed by atoms with van der Waals surface area (Å²) in [5.41, 5.74) is 0.767. The van der Waals surface area contributed by atoms with Gasteiger partial charge in [0, 0.05) is 27.2 Å². The first kappa shape index (κ1) is 15.8. The van der Waals surface area contributed by atoms with Crippen LogP contribution < -0.4 is 10.1 Å². The summed E-state index contributed by atoms with van der Waals surface area (Å²) in [5.74, 6) is 0.283. The Kier molecular flexibility index (Phi) is 5.19. The predicted molar refractivity (Wildman–Crippen MR) is 88.2 cm³/mol. The molecule has 5 nitrogen and oxygen atoms in total. The summed E-state index contributed by atoms with van der Waals surface area (Å²) in [7, 11) is 0. The molecular formula is C14H15BrN2O3S. The molecule has 0 aliphatic carbocycles. The molecule has 0 amide bonds. The number of nitrogens with zero attached hydrogens (tertiary/aromatic N) is 1. The summed E-state index contributed by atoms with van der Waals surface area (Å²) in [4.78, 5) is 11.7. The molecule has 7 heteroatoms. The average molecular weight is 371 g/mol. The quantitative estimate of drug-likeness (QED) is 0.584. The molecule has 0 fully saturated rings. The Morgan fingerprint density at radius 1 is 1.43 bits per heavy atom. The van der Waals surface area contributed by atoms with E-state index in [4.69, 9.17) is 4.74 Å². The van der Waals surface area contributed by atoms with Gasteiger partial charge in [0.2, 0.25) is 0 Å². The fraction of sp³-hybridized carbons (Fsp3) is 0.286. The van der Waals surface area contributed by atoms with Gasteiger partial charge in [0.15, 0.2) is 5.75 Å². The van der Waals surface area contributed by atoms with Crippen molar-refractivity contribution in [3.63, 3.8) is 0 Å². The lowest BCUT2D eigenvalue weighted by atomic mass is 10.2. The molecule has 112 valence electrons. The molecule has 0 radical (unpaired) electrons. The van der Waals surface area contributed by atoms with Crippen molar-refractivity contribution in [2.75, 3.05) is 5.32 Å². The Morgan fingerprint density at radius 3 is 2.76 bits per heavy atom. The molecular weight excluding hydrogens is 356 g/mol. The highest BCUT2D eigenvalue weighted by Gasteiger charge is 2.16. The van der Waals surface area contributed by atoms with Gasteiger partial charge in [0.05, 0.1) is 17.6 Å². The van der Waals surface area contributed by atoms with Crippen LogP contribution in [0.4, 0.5) is 11.4 Å². The summed E-state index contributed by atoms with van der Waals surface area (Å²) in [6, 6.07) is 6.81. The lowest BCUT2D eigenvalue weighted by molar-refractivity contribution is -0.386. The summed E-state index contributed by atoms with van der Waals surface area (Å²) >= 11 is 5.12. The maximum absolute atomic E-state index is 11.0. The Balaban J connectivity index is 2.17. The zero-order chi connectivity index (χ0) is 15.4. The molecule has 2 aromatic rings. The van der Waals surface area contributed by atoms with E-state index in [1.165, 1.54) is 10.9 Å². The lowest BCUT2D eigenvalue weighted by Gasteiger charge is -2.12. The molecule has 0 saturated heterocycles. The average Bonchev–Trinajstić information content (AvgIpc) is 2.81. The zero-order valence-electron chi connectivity index (χ0n) is 11.6. The minimum Gasteiger partial charge on any atom is -0.484 e. The number of halogens is 1. The van der Waals surface area contributed by atoms with Crippen molar-refractivity contribution >= 4 is 38.6 Å². The second kappa shape index (κ2) is 6.91. The first-order valence-corrected chi connectivity index (χ1v) is 8.05. The zero-order valence-corrected chi connectivity index (χ0v) is 14.0. The van der Waals surface area contributed by atoms with Crippen LogP contribution in [0.3, 0.4) is 0 Å². The molecule has 0 atom stereocenters. The van der Waals surface area contributed by atoms with Gasteiger partial charge >= 0.3 is 5.69 Å². The number of benzene rings is 1. The Hall–Kier alpha value is -1.60. The summed E-state index contributed by atoms with van der Waals surface area (Å²) in [5, 5.41) is 16.3. The van der Waals surface area contributed by atoms with Crippen LogP contribution in [0, 0.1) is 10.1 Å². The van der Waals surface area contributed by atoms with E-state index in [9.17, 15) is 10.1 Å². The molecule has 1 aromatic heterocycles. The third-order valence-electron chi connectivity index (χ3n) is 2.66. The molecule has 0 aliphatic rings. The number of anilines is 1. The van der Waals surface area contributed by atoms with Gasteiger partial charge in [-0.1, -0.05) is 0 Å². The smallest absolute Gasteiger partial charge is 0.311 e. The first-order valence-electron chi connectivity index (χ1n) is 6.38. The van der Waals surface area contributed by atoms with Crippen molar-refractivity contribution in [3.05, 3.63) is 49.1 Å². The van der Waals surface area contributed by atoms with Crippen molar-refractivity contribution in [1.82, 2.24) is 0 Å². The molecule has 2 rings (SSSR count). The van der Waals surface area contributed by atoms with Crippen LogP contribution >= 0.6 is 27.3 Å². The minimum atomic E-state index is -0.433. The van der Waals surface area contributed by atoms with E-state index in [0.717, 1.165) is 10.2 Å². The predicted octanol–water partition coefficient (Wildman–Crippen LogP) is 4.82. The van der Waals surface area contributed by atoms with Crippen molar-refractivity contribution in [2.24, 2.45) is 0 Å². The van der Waals surface area contributed by atoms with E-state index < -0.39 is 4.92 Å². The molecule has 1 aromatic carbocycles. The SMILES string of the molecule is CC(C)Oc1cc(NCc2sccc2Br)ccc1[N+](=O)[O-]. The molecule has 21 heavy (non-hydrogen) atoms. The van der Waals surface area contributed by atoms with Gasteiger partial charge in [-0.3, -0.25) is 10.1 Å². The lowest BCUT2D eigenvalue weighted by Crippen LogP contribution is -2.08. The third kappa shape index (κ3) is 4.18. The summed E-state index contributed by atoms with van der Waals surface area (Å²) in [6.45, 7) is 4.33. The van der Waals surface area contributed by atoms with Gasteiger partial charge in [-0.05, 0) is 47.3 Å². The molecule has 0 aliphatic heterocycles. The highest BCUT2D eigenvalue weighted by molar-refractivity contribution is 9.10. The number of nitro groups is 1. The van der Waals surface area contributed by atoms with Crippen LogP contribution in [0.2, 0.25) is 0 Å². The van der Waals surface area contributed by atoms with E-state index in [0.29, 0.717) is 6.54 Å². The molecule has 0 saturated carbocycles. The van der Waals surface area contributed by atoms with Crippen molar-refractivity contribution in [3.8, 4) is 5.75 Å². The van der Waals surface area contributed by atoms with Gasteiger partial charge < -0.3 is 10.1 Å². The molecule has 0 bridgehead atoms. The standard InChI is InChI=1S/C14H15BrN2O3S/c1-9(2)20-13-7-10(3-4-12(13)17(18)19)16-8-14-11(15)5-6-21-14/h3-7,9,16H,8H2,1-2H3. The topological polar surface area (TPSA) is 64.4 Å². The van der Waals surface area contributed by atoms with Gasteiger partial charge in [-0.15, -0.1) is 11.3 Å². The normalized spacial score (nSPS) is 10.7. The van der Waals surface area contributed by atoms with Gasteiger partial charge in [-0.2, -0.15) is 0 Å². The maximum atomic E-state index is 11.0. The highest BCUT2D eigenvalue weighted by atomic mass is 79.9. The molecule has 1 heterocycles. The van der Waals surface area contributed by atoms with Crippen molar-refractivity contribution in [2.45, 2.75) is 26.5 Å². The second-order valence-corrected chi connectivity index (χ2v) is 6.51. The van der Waals surface area contributed by atoms with E-state index in [2.05, 4.69) is 21.2 Å². The number of rotatable bonds is 6. The Bertz CT molecular complexity index is 643. The van der Waals surface area contributed by atoms with Gasteiger partial charge in [0.25, 0.3) is 0 Å². The first-order chi connectivity index (χ1) is 9.97. The summed E-state index contributed by atoms with van der Waals surface area (Å²) < 4.78 is 6.58. The fourth-order valence-electron chi connectivity index (χ4n) is 1.76. The number of hydrogen-bond acceptors (Lipinski definition) is 5. The minimum absolute atomic E-state index is 0.0217. The fourth-order valence-corrected chi connectivity index (χ4v) is 3.19. The maximum Gasteiger partial charge on any atom is 0.311 e. The van der Waals surface area contributed by atoms with Crippen molar-refractivity contribution < 1.29 is 9.66 Å². The number of thiophene rings is 1. The van der Waals surface area contributed by atoms with Crippen LogP contribution in [0.25, 0.3) is 0 Å². The van der Waals surface area contributed by atoms with E-state index in [-0.39, 0.29) is 17.5 Å². The number of nitrogens with one attached hydrogen (secondary N) is 1. The second-order valence-electron chi connectivity index (χ2n) is 4.65. The van der Waals surface area contributed by atoms with Crippen LogP contribution in [-0.4, -0.2) is 11.0 Å². The van der Waals surface area contributed by atoms with E-state index >= 15 is 0 Å². The van der Waals surface area contributed by atoms with Gasteiger partial charge in [0.1, 0.15) is 0 Å². The highest BCUT2D eigenvalue weighted by Crippen LogP contribution is 2.31. The molecule has 1 N–H and O–H groups in total. The third-order valence-corrected chi connectivity index (χ3v) is 4.59. The van der Waals surface area contributed by atoms with E-state index in [1.807, 2.05) is 25.3 Å². The summed E-state index contributed by atoms with van der Waals surface area (Å²) in [6.07, 6.45) is -0.120. The molecule has 0 unspecified atom stereocenters. The number of nitro benzene ring substituents is 1. The molecule has 0 spiro atoms. The largest absolute Gasteiger partial charge is 0.484 e. The van der Waals surface area contributed by atoms with Crippen molar-refractivity contribution in [1.29, 1.82) is 0 Å². The Labute approximate surface area is 135 Å².